The molecule has 30 heavy (non-hydrogen) atoms. The predicted molar refractivity (Wildman–Crippen MR) is 120 cm³/mol. The van der Waals surface area contributed by atoms with Crippen LogP contribution >= 0.6 is 34.5 Å². The van der Waals surface area contributed by atoms with Crippen molar-refractivity contribution in [3.8, 4) is 16.3 Å². The predicted octanol–water partition coefficient (Wildman–Crippen LogP) is 5.60. The molecule has 0 bridgehead atoms. The first kappa shape index (κ1) is 21.1. The number of benzene rings is 2. The van der Waals surface area contributed by atoms with Gasteiger partial charge in [-0.25, -0.2) is 4.98 Å². The first-order valence-corrected chi connectivity index (χ1v) is 11.2. The largest absolute Gasteiger partial charge is 0.489 e. The molecule has 1 saturated heterocycles. The fourth-order valence-corrected chi connectivity index (χ4v) is 4.23. The highest BCUT2D eigenvalue weighted by Crippen LogP contribution is 2.27. The van der Waals surface area contributed by atoms with E-state index in [1.165, 1.54) is 11.3 Å². The zero-order valence-corrected chi connectivity index (χ0v) is 18.4. The first-order chi connectivity index (χ1) is 14.6. The van der Waals surface area contributed by atoms with Crippen LogP contribution in [0.5, 0.6) is 5.75 Å². The van der Waals surface area contributed by atoms with E-state index in [2.05, 4.69) is 10.3 Å². The maximum absolute atomic E-state index is 12.3. The van der Waals surface area contributed by atoms with Crippen LogP contribution in [0.15, 0.2) is 47.8 Å². The van der Waals surface area contributed by atoms with Gasteiger partial charge in [0.25, 0.3) is 5.91 Å². The van der Waals surface area contributed by atoms with Crippen molar-refractivity contribution in [3.05, 3.63) is 69.1 Å². The number of nitrogens with one attached hydrogen (secondary N) is 1. The van der Waals surface area contributed by atoms with Crippen LogP contribution in [0.2, 0.25) is 10.0 Å². The first-order valence-electron chi connectivity index (χ1n) is 9.61. The summed E-state index contributed by atoms with van der Waals surface area (Å²) in [5, 5.41) is 6.48. The van der Waals surface area contributed by atoms with Gasteiger partial charge in [0.05, 0.1) is 16.1 Å². The number of rotatable bonds is 7. The molecule has 1 aliphatic heterocycles. The molecule has 5 nitrogen and oxygen atoms in total. The fraction of sp³-hybridized carbons (Fsp3) is 0.273. The molecule has 1 atom stereocenters. The molecule has 0 aliphatic carbocycles. The number of amides is 1. The zero-order chi connectivity index (χ0) is 20.9. The summed E-state index contributed by atoms with van der Waals surface area (Å²) in [6, 6.07) is 13.0. The van der Waals surface area contributed by atoms with Gasteiger partial charge in [-0.05, 0) is 54.8 Å². The van der Waals surface area contributed by atoms with E-state index in [0.717, 1.165) is 41.3 Å². The smallest absolute Gasteiger partial charge is 0.270 e. The molecule has 3 aromatic rings. The highest BCUT2D eigenvalue weighted by atomic mass is 35.5. The molecule has 0 saturated carbocycles. The molecule has 8 heteroatoms. The molecule has 2 aromatic carbocycles. The summed E-state index contributed by atoms with van der Waals surface area (Å²) in [7, 11) is 0. The summed E-state index contributed by atoms with van der Waals surface area (Å²) in [5.74, 6) is 0.561. The second-order valence-electron chi connectivity index (χ2n) is 6.94. The molecule has 1 aliphatic rings. The van der Waals surface area contributed by atoms with Crippen LogP contribution in [0.3, 0.4) is 0 Å². The van der Waals surface area contributed by atoms with E-state index in [-0.39, 0.29) is 12.0 Å². The third-order valence-corrected chi connectivity index (χ3v) is 6.37. The van der Waals surface area contributed by atoms with E-state index < -0.39 is 0 Å². The van der Waals surface area contributed by atoms with Gasteiger partial charge in [-0.2, -0.15) is 0 Å². The number of ether oxygens (including phenoxy) is 2. The number of aromatic nitrogens is 1. The van der Waals surface area contributed by atoms with Gasteiger partial charge in [0, 0.05) is 24.1 Å². The summed E-state index contributed by atoms with van der Waals surface area (Å²) in [6.45, 7) is 1.69. The number of thiazole rings is 1. The lowest BCUT2D eigenvalue weighted by molar-refractivity contribution is 0.0854. The van der Waals surface area contributed by atoms with Gasteiger partial charge in [-0.3, -0.25) is 4.79 Å². The molecule has 156 valence electrons. The Bertz CT molecular complexity index is 1020. The second kappa shape index (κ2) is 9.79. The summed E-state index contributed by atoms with van der Waals surface area (Å²) in [6.07, 6.45) is 2.15. The van der Waals surface area contributed by atoms with E-state index in [1.54, 1.807) is 17.5 Å². The van der Waals surface area contributed by atoms with Gasteiger partial charge in [0.1, 0.15) is 23.1 Å². The number of hydrogen-bond donors (Lipinski definition) is 1. The number of hydrogen-bond acceptors (Lipinski definition) is 5. The lowest BCUT2D eigenvalue weighted by atomic mass is 10.2. The number of nitrogens with zero attached hydrogens (tertiary/aromatic N) is 1. The number of carbonyl (C=O) groups excluding carboxylic acids is 1. The number of halogens is 2. The molecule has 0 unspecified atom stereocenters. The molecular formula is C22H20Cl2N2O3S. The maximum atomic E-state index is 12.3. The Morgan fingerprint density at radius 3 is 2.77 bits per heavy atom. The summed E-state index contributed by atoms with van der Waals surface area (Å²) < 4.78 is 11.3. The molecule has 0 spiro atoms. The van der Waals surface area contributed by atoms with Crippen LogP contribution < -0.4 is 10.1 Å². The van der Waals surface area contributed by atoms with Crippen LogP contribution in [0.4, 0.5) is 0 Å². The van der Waals surface area contributed by atoms with Gasteiger partial charge in [0.2, 0.25) is 0 Å². The second-order valence-corrected chi connectivity index (χ2v) is 8.62. The van der Waals surface area contributed by atoms with Gasteiger partial charge in [0.15, 0.2) is 0 Å². The SMILES string of the molecule is O=C(NC[C@H]1CCCO1)c1csc(-c2ccc(OCc3ccc(Cl)c(Cl)c3)cc2)n1. The molecule has 4 rings (SSSR count). The molecular weight excluding hydrogens is 443 g/mol. The topological polar surface area (TPSA) is 60.5 Å². The third kappa shape index (κ3) is 5.32. The highest BCUT2D eigenvalue weighted by molar-refractivity contribution is 7.13. The summed E-state index contributed by atoms with van der Waals surface area (Å²) >= 11 is 13.4. The van der Waals surface area contributed by atoms with Crippen LogP contribution in [0.25, 0.3) is 10.6 Å². The molecule has 0 radical (unpaired) electrons. The van der Waals surface area contributed by atoms with Crippen LogP contribution in [-0.4, -0.2) is 30.1 Å². The minimum absolute atomic E-state index is 0.114. The van der Waals surface area contributed by atoms with Crippen LogP contribution in [0, 0.1) is 0 Å². The van der Waals surface area contributed by atoms with E-state index >= 15 is 0 Å². The molecule has 1 aromatic heterocycles. The van der Waals surface area contributed by atoms with E-state index in [1.807, 2.05) is 30.3 Å². The quantitative estimate of drug-likeness (QED) is 0.495. The Morgan fingerprint density at radius 1 is 1.20 bits per heavy atom. The minimum Gasteiger partial charge on any atom is -0.489 e. The van der Waals surface area contributed by atoms with Gasteiger partial charge in [-0.1, -0.05) is 29.3 Å². The monoisotopic (exact) mass is 462 g/mol. The lowest BCUT2D eigenvalue weighted by Crippen LogP contribution is -2.31. The van der Waals surface area contributed by atoms with E-state index in [4.69, 9.17) is 32.7 Å². The Kier molecular flexibility index (Phi) is 6.89. The number of carbonyl (C=O) groups is 1. The van der Waals surface area contributed by atoms with Crippen molar-refractivity contribution in [1.29, 1.82) is 0 Å². The van der Waals surface area contributed by atoms with Crippen molar-refractivity contribution in [2.24, 2.45) is 0 Å². The summed E-state index contributed by atoms with van der Waals surface area (Å²) in [5.41, 5.74) is 2.29. The minimum atomic E-state index is -0.172. The highest BCUT2D eigenvalue weighted by Gasteiger charge is 2.18. The Balaban J connectivity index is 1.33. The van der Waals surface area contributed by atoms with Crippen molar-refractivity contribution in [2.75, 3.05) is 13.2 Å². The van der Waals surface area contributed by atoms with Crippen molar-refractivity contribution in [1.82, 2.24) is 10.3 Å². The van der Waals surface area contributed by atoms with Crippen molar-refractivity contribution >= 4 is 40.4 Å². The van der Waals surface area contributed by atoms with E-state index in [9.17, 15) is 4.79 Å². The summed E-state index contributed by atoms with van der Waals surface area (Å²) in [4.78, 5) is 16.8. The fourth-order valence-electron chi connectivity index (χ4n) is 3.10. The third-order valence-electron chi connectivity index (χ3n) is 4.74. The Labute approximate surface area is 188 Å². The van der Waals surface area contributed by atoms with Crippen LogP contribution in [0.1, 0.15) is 28.9 Å². The Morgan fingerprint density at radius 2 is 2.03 bits per heavy atom. The molecule has 1 fully saturated rings. The average molecular weight is 463 g/mol. The van der Waals surface area contributed by atoms with Gasteiger partial charge in [-0.15, -0.1) is 11.3 Å². The molecule has 1 N–H and O–H groups in total. The average Bonchev–Trinajstić information content (AvgIpc) is 3.46. The van der Waals surface area contributed by atoms with E-state index in [0.29, 0.717) is 28.9 Å². The van der Waals surface area contributed by atoms with Gasteiger partial charge >= 0.3 is 0 Å². The standard InChI is InChI=1S/C22H20Cl2N2O3S/c23-18-8-3-14(10-19(18)24)12-29-16-6-4-15(5-7-16)22-26-20(13-30-22)21(27)25-11-17-2-1-9-28-17/h3-8,10,13,17H,1-2,9,11-12H2,(H,25,27)/t17-/m1/s1. The van der Waals surface area contributed by atoms with Crippen molar-refractivity contribution in [2.45, 2.75) is 25.6 Å². The van der Waals surface area contributed by atoms with Crippen molar-refractivity contribution < 1.29 is 14.3 Å². The zero-order valence-electron chi connectivity index (χ0n) is 16.1. The lowest BCUT2D eigenvalue weighted by Gasteiger charge is -2.09. The van der Waals surface area contributed by atoms with Gasteiger partial charge < -0.3 is 14.8 Å². The Hall–Kier alpha value is -2.12. The molecule has 1 amide bonds. The molecule has 2 heterocycles. The maximum Gasteiger partial charge on any atom is 0.270 e. The van der Waals surface area contributed by atoms with Crippen molar-refractivity contribution in [3.63, 3.8) is 0 Å². The normalized spacial score (nSPS) is 15.9. The van der Waals surface area contributed by atoms with Crippen LogP contribution in [-0.2, 0) is 11.3 Å².